The molecule has 3 nitrogen and oxygen atoms in total. The van der Waals surface area contributed by atoms with Crippen LogP contribution in [0.5, 0.6) is 5.75 Å². The Hall–Kier alpha value is -2.34. The Bertz CT molecular complexity index is 906. The molecule has 0 aliphatic rings. The highest BCUT2D eigenvalue weighted by atomic mass is 32.2. The fourth-order valence-electron chi connectivity index (χ4n) is 2.00. The lowest BCUT2D eigenvalue weighted by Crippen LogP contribution is -1.98. The Morgan fingerprint density at radius 2 is 1.86 bits per heavy atom. The van der Waals surface area contributed by atoms with Gasteiger partial charge in [0.25, 0.3) is 0 Å². The molecular formula is C16H10F2O3S. The number of methoxy groups -OCH3 is 1. The van der Waals surface area contributed by atoms with Crippen molar-refractivity contribution in [3.8, 4) is 5.75 Å². The Balaban J connectivity index is 2.14. The van der Waals surface area contributed by atoms with E-state index >= 15 is 0 Å². The number of hydrogen-bond donors (Lipinski definition) is 0. The lowest BCUT2D eigenvalue weighted by Gasteiger charge is -2.07. The average molecular weight is 320 g/mol. The number of fused-ring (bicyclic) bond motifs is 1. The highest BCUT2D eigenvalue weighted by Crippen LogP contribution is 2.35. The van der Waals surface area contributed by atoms with Crippen molar-refractivity contribution in [2.75, 3.05) is 7.11 Å². The van der Waals surface area contributed by atoms with E-state index in [4.69, 9.17) is 9.15 Å². The summed E-state index contributed by atoms with van der Waals surface area (Å²) in [7, 11) is 1.52. The van der Waals surface area contributed by atoms with Crippen LogP contribution < -0.4 is 10.4 Å². The van der Waals surface area contributed by atoms with Gasteiger partial charge in [-0.15, -0.1) is 0 Å². The highest BCUT2D eigenvalue weighted by molar-refractivity contribution is 7.99. The van der Waals surface area contributed by atoms with Gasteiger partial charge >= 0.3 is 5.63 Å². The number of ether oxygens (including phenoxy) is 1. The lowest BCUT2D eigenvalue weighted by atomic mass is 10.2. The zero-order valence-electron chi connectivity index (χ0n) is 11.4. The zero-order valence-corrected chi connectivity index (χ0v) is 12.2. The molecule has 0 aliphatic heterocycles. The van der Waals surface area contributed by atoms with Crippen LogP contribution in [0.4, 0.5) is 8.78 Å². The maximum absolute atomic E-state index is 13.8. The van der Waals surface area contributed by atoms with Gasteiger partial charge < -0.3 is 9.15 Å². The molecule has 22 heavy (non-hydrogen) atoms. The average Bonchev–Trinajstić information content (AvgIpc) is 2.49. The molecule has 3 aromatic rings. The Kier molecular flexibility index (Phi) is 3.85. The van der Waals surface area contributed by atoms with Crippen molar-refractivity contribution in [3.63, 3.8) is 0 Å². The third-order valence-electron chi connectivity index (χ3n) is 3.03. The first-order valence-electron chi connectivity index (χ1n) is 6.31. The smallest absolute Gasteiger partial charge is 0.337 e. The summed E-state index contributed by atoms with van der Waals surface area (Å²) in [6.07, 6.45) is 0. The summed E-state index contributed by atoms with van der Waals surface area (Å²) in [5.41, 5.74) is -0.166. The van der Waals surface area contributed by atoms with Gasteiger partial charge in [0.05, 0.1) is 7.11 Å². The molecule has 0 saturated carbocycles. The first-order valence-corrected chi connectivity index (χ1v) is 7.13. The molecule has 0 atom stereocenters. The molecule has 1 aromatic heterocycles. The van der Waals surface area contributed by atoms with Gasteiger partial charge in [0.15, 0.2) is 0 Å². The number of hydrogen-bond acceptors (Lipinski definition) is 4. The van der Waals surface area contributed by atoms with E-state index in [-0.39, 0.29) is 4.90 Å². The summed E-state index contributed by atoms with van der Waals surface area (Å²) in [5, 5.41) is 0.618. The van der Waals surface area contributed by atoms with Gasteiger partial charge in [-0.05, 0) is 30.3 Å². The van der Waals surface area contributed by atoms with Crippen LogP contribution in [-0.2, 0) is 0 Å². The molecule has 1 heterocycles. The quantitative estimate of drug-likeness (QED) is 0.677. The second-order valence-corrected chi connectivity index (χ2v) is 5.55. The summed E-state index contributed by atoms with van der Waals surface area (Å²) < 4.78 is 37.0. The molecule has 0 spiro atoms. The van der Waals surface area contributed by atoms with Gasteiger partial charge in [-0.25, -0.2) is 13.6 Å². The standard InChI is InChI=1S/C16H10F2O3S/c1-20-10-3-4-13-11(7-10)15(8-16(19)21-13)22-14-5-2-9(17)6-12(14)18/h2-8H,1H3. The van der Waals surface area contributed by atoms with Crippen LogP contribution in [0.1, 0.15) is 0 Å². The van der Waals surface area contributed by atoms with Crippen molar-refractivity contribution in [1.82, 2.24) is 0 Å². The van der Waals surface area contributed by atoms with Crippen LogP contribution >= 0.6 is 11.8 Å². The van der Waals surface area contributed by atoms with E-state index in [2.05, 4.69) is 0 Å². The van der Waals surface area contributed by atoms with Gasteiger partial charge in [-0.1, -0.05) is 11.8 Å². The Morgan fingerprint density at radius 1 is 1.05 bits per heavy atom. The van der Waals surface area contributed by atoms with Gasteiger partial charge in [0, 0.05) is 27.3 Å². The van der Waals surface area contributed by atoms with Crippen LogP contribution in [0.3, 0.4) is 0 Å². The predicted octanol–water partition coefficient (Wildman–Crippen LogP) is 4.23. The summed E-state index contributed by atoms with van der Waals surface area (Å²) in [5.74, 6) is -0.752. The number of benzene rings is 2. The fraction of sp³-hybridized carbons (Fsp3) is 0.0625. The summed E-state index contributed by atoms with van der Waals surface area (Å²) >= 11 is 1.03. The molecule has 6 heteroatoms. The largest absolute Gasteiger partial charge is 0.497 e. The van der Waals surface area contributed by atoms with E-state index in [9.17, 15) is 13.6 Å². The van der Waals surface area contributed by atoms with E-state index in [1.807, 2.05) is 0 Å². The molecule has 2 aromatic carbocycles. The molecule has 112 valence electrons. The second-order valence-electron chi connectivity index (χ2n) is 4.47. The second kappa shape index (κ2) is 5.81. The molecule has 0 aliphatic carbocycles. The lowest BCUT2D eigenvalue weighted by molar-refractivity contribution is 0.415. The van der Waals surface area contributed by atoms with Crippen molar-refractivity contribution in [2.24, 2.45) is 0 Å². The first-order chi connectivity index (χ1) is 10.6. The normalized spacial score (nSPS) is 10.9. The van der Waals surface area contributed by atoms with E-state index in [1.54, 1.807) is 18.2 Å². The zero-order chi connectivity index (χ0) is 15.7. The van der Waals surface area contributed by atoms with Crippen LogP contribution in [0.15, 0.2) is 61.5 Å². The van der Waals surface area contributed by atoms with E-state index < -0.39 is 17.3 Å². The fourth-order valence-corrected chi connectivity index (χ4v) is 2.96. The van der Waals surface area contributed by atoms with E-state index in [1.165, 1.54) is 25.3 Å². The minimum Gasteiger partial charge on any atom is -0.497 e. The number of rotatable bonds is 3. The van der Waals surface area contributed by atoms with Gasteiger partial charge in [0.1, 0.15) is 23.0 Å². The van der Waals surface area contributed by atoms with E-state index in [0.29, 0.717) is 21.6 Å². The van der Waals surface area contributed by atoms with Crippen LogP contribution in [0.25, 0.3) is 11.0 Å². The molecule has 0 unspecified atom stereocenters. The maximum Gasteiger partial charge on any atom is 0.337 e. The third kappa shape index (κ3) is 2.82. The van der Waals surface area contributed by atoms with Crippen molar-refractivity contribution in [2.45, 2.75) is 9.79 Å². The molecule has 3 rings (SSSR count). The first kappa shape index (κ1) is 14.6. The molecule has 0 saturated heterocycles. The van der Waals surface area contributed by atoms with Crippen LogP contribution in [0.2, 0.25) is 0 Å². The van der Waals surface area contributed by atoms with Gasteiger partial charge in [-0.2, -0.15) is 0 Å². The van der Waals surface area contributed by atoms with Crippen molar-refractivity contribution in [1.29, 1.82) is 0 Å². The highest BCUT2D eigenvalue weighted by Gasteiger charge is 2.11. The minimum atomic E-state index is -0.686. The summed E-state index contributed by atoms with van der Waals surface area (Å²) in [6.45, 7) is 0. The monoisotopic (exact) mass is 320 g/mol. The number of halogens is 2. The third-order valence-corrected chi connectivity index (χ3v) is 4.13. The molecule has 0 amide bonds. The Labute approximate surface area is 128 Å². The maximum atomic E-state index is 13.8. The molecular weight excluding hydrogens is 310 g/mol. The van der Waals surface area contributed by atoms with Crippen molar-refractivity contribution in [3.05, 3.63) is 64.5 Å². The van der Waals surface area contributed by atoms with Gasteiger partial charge in [-0.3, -0.25) is 0 Å². The molecule has 0 fully saturated rings. The predicted molar refractivity (Wildman–Crippen MR) is 79.5 cm³/mol. The SMILES string of the molecule is COc1ccc2oc(=O)cc(Sc3ccc(F)cc3F)c2c1. The molecule has 0 radical (unpaired) electrons. The molecule has 0 bridgehead atoms. The topological polar surface area (TPSA) is 39.4 Å². The Morgan fingerprint density at radius 3 is 2.59 bits per heavy atom. The summed E-state index contributed by atoms with van der Waals surface area (Å²) in [4.78, 5) is 12.4. The van der Waals surface area contributed by atoms with Crippen LogP contribution in [-0.4, -0.2) is 7.11 Å². The van der Waals surface area contributed by atoms with Crippen LogP contribution in [0, 0.1) is 11.6 Å². The molecule has 0 N–H and O–H groups in total. The minimum absolute atomic E-state index is 0.219. The van der Waals surface area contributed by atoms with Crippen molar-refractivity contribution >= 4 is 22.7 Å². The van der Waals surface area contributed by atoms with E-state index in [0.717, 1.165) is 17.8 Å². The van der Waals surface area contributed by atoms with Crippen molar-refractivity contribution < 1.29 is 17.9 Å². The van der Waals surface area contributed by atoms with Gasteiger partial charge in [0.2, 0.25) is 0 Å². The summed E-state index contributed by atoms with van der Waals surface area (Å²) in [6, 6.07) is 9.54.